The molecule has 0 atom stereocenters. The highest BCUT2D eigenvalue weighted by molar-refractivity contribution is 5.77. The molecule has 5 heteroatoms. The van der Waals surface area contributed by atoms with Gasteiger partial charge in [-0.1, -0.05) is 0 Å². The second-order valence-electron chi connectivity index (χ2n) is 3.43. The number of carbonyl (C=O) groups excluding carboxylic acids is 1. The minimum absolute atomic E-state index is 0.193. The predicted octanol–water partition coefficient (Wildman–Crippen LogP) is 1.07. The number of imidazole rings is 1. The summed E-state index contributed by atoms with van der Waals surface area (Å²) in [5, 5.41) is 0. The molecule has 0 bridgehead atoms. The summed E-state index contributed by atoms with van der Waals surface area (Å²) in [6.07, 6.45) is 3.61. The van der Waals surface area contributed by atoms with Gasteiger partial charge in [0.2, 0.25) is 0 Å². The van der Waals surface area contributed by atoms with Crippen LogP contribution in [0.5, 0.6) is 0 Å². The van der Waals surface area contributed by atoms with Crippen LogP contribution in [0.4, 0.5) is 0 Å². The van der Waals surface area contributed by atoms with Crippen LogP contribution in [0.2, 0.25) is 0 Å². The lowest BCUT2D eigenvalue weighted by Crippen LogP contribution is -2.11. The van der Waals surface area contributed by atoms with Crippen molar-refractivity contribution in [2.45, 2.75) is 13.3 Å². The average molecular weight is 219 g/mol. The van der Waals surface area contributed by atoms with E-state index < -0.39 is 0 Å². The van der Waals surface area contributed by atoms with Gasteiger partial charge in [0.25, 0.3) is 0 Å². The fraction of sp³-hybridized carbons (Fsp3) is 0.364. The third-order valence-corrected chi connectivity index (χ3v) is 2.38. The van der Waals surface area contributed by atoms with Gasteiger partial charge in [-0.15, -0.1) is 0 Å². The minimum Gasteiger partial charge on any atom is -0.466 e. The van der Waals surface area contributed by atoms with E-state index in [0.29, 0.717) is 12.4 Å². The number of rotatable bonds is 3. The number of hydrogen-bond donors (Lipinski definition) is 0. The molecule has 16 heavy (non-hydrogen) atoms. The third-order valence-electron chi connectivity index (χ3n) is 2.38. The molecule has 2 aromatic heterocycles. The molecule has 0 fully saturated rings. The summed E-state index contributed by atoms with van der Waals surface area (Å²) >= 11 is 0. The quantitative estimate of drug-likeness (QED) is 0.725. The Labute approximate surface area is 93.1 Å². The Bertz CT molecular complexity index is 519. The summed E-state index contributed by atoms with van der Waals surface area (Å²) in [6.45, 7) is 2.18. The number of pyridine rings is 1. The molecule has 0 radical (unpaired) electrons. The normalized spacial score (nSPS) is 10.6. The Balaban J connectivity index is 2.31. The molecule has 0 saturated heterocycles. The maximum atomic E-state index is 11.4. The van der Waals surface area contributed by atoms with Crippen LogP contribution in [-0.2, 0) is 23.0 Å². The number of esters is 1. The van der Waals surface area contributed by atoms with E-state index in [2.05, 4.69) is 9.97 Å². The van der Waals surface area contributed by atoms with Gasteiger partial charge in [0.15, 0.2) is 0 Å². The lowest BCUT2D eigenvalue weighted by Gasteiger charge is -2.02. The number of aromatic nitrogens is 3. The number of nitrogens with zero attached hydrogens (tertiary/aromatic N) is 3. The zero-order valence-corrected chi connectivity index (χ0v) is 9.30. The van der Waals surface area contributed by atoms with Crippen molar-refractivity contribution in [2.24, 2.45) is 7.05 Å². The van der Waals surface area contributed by atoms with Gasteiger partial charge >= 0.3 is 5.97 Å². The van der Waals surface area contributed by atoms with E-state index in [1.807, 2.05) is 17.7 Å². The molecule has 0 aromatic carbocycles. The van der Waals surface area contributed by atoms with Gasteiger partial charge in [0.05, 0.1) is 23.8 Å². The van der Waals surface area contributed by atoms with Gasteiger partial charge in [-0.3, -0.25) is 9.78 Å². The fourth-order valence-corrected chi connectivity index (χ4v) is 1.58. The number of aryl methyl sites for hydroxylation is 1. The van der Waals surface area contributed by atoms with Crippen molar-refractivity contribution in [3.05, 3.63) is 24.3 Å². The molecule has 0 aliphatic heterocycles. The maximum absolute atomic E-state index is 11.4. The Morgan fingerprint density at radius 3 is 3.06 bits per heavy atom. The Hall–Kier alpha value is -1.91. The van der Waals surface area contributed by atoms with E-state index in [4.69, 9.17) is 4.74 Å². The van der Waals surface area contributed by atoms with Gasteiger partial charge in [-0.05, 0) is 13.0 Å². The van der Waals surface area contributed by atoms with Crippen molar-refractivity contribution in [3.8, 4) is 0 Å². The molecule has 2 heterocycles. The van der Waals surface area contributed by atoms with Gasteiger partial charge in [0, 0.05) is 13.2 Å². The van der Waals surface area contributed by atoms with Crippen LogP contribution in [0.1, 0.15) is 12.7 Å². The molecule has 84 valence electrons. The van der Waals surface area contributed by atoms with Crippen molar-refractivity contribution < 1.29 is 9.53 Å². The molecule has 0 aliphatic rings. The molecule has 2 aromatic rings. The first-order valence-corrected chi connectivity index (χ1v) is 5.13. The van der Waals surface area contributed by atoms with E-state index in [1.54, 1.807) is 19.3 Å². The minimum atomic E-state index is -0.256. The molecule has 0 saturated carbocycles. The van der Waals surface area contributed by atoms with E-state index >= 15 is 0 Å². The van der Waals surface area contributed by atoms with Crippen molar-refractivity contribution in [2.75, 3.05) is 6.61 Å². The molecule has 0 amide bonds. The highest BCUT2D eigenvalue weighted by Gasteiger charge is 2.11. The second kappa shape index (κ2) is 4.30. The van der Waals surface area contributed by atoms with Crippen molar-refractivity contribution in [1.29, 1.82) is 0 Å². The van der Waals surface area contributed by atoms with Crippen LogP contribution in [0.3, 0.4) is 0 Å². The SMILES string of the molecule is CCOC(=O)Cc1nc2ccncc2n1C. The topological polar surface area (TPSA) is 57.0 Å². The van der Waals surface area contributed by atoms with Gasteiger partial charge in [-0.25, -0.2) is 4.98 Å². The van der Waals surface area contributed by atoms with Crippen molar-refractivity contribution >= 4 is 17.0 Å². The van der Waals surface area contributed by atoms with E-state index in [1.165, 1.54) is 0 Å². The van der Waals surface area contributed by atoms with Gasteiger partial charge in [0.1, 0.15) is 12.2 Å². The molecule has 0 N–H and O–H groups in total. The summed E-state index contributed by atoms with van der Waals surface area (Å²) < 4.78 is 6.75. The smallest absolute Gasteiger partial charge is 0.313 e. The number of fused-ring (bicyclic) bond motifs is 1. The van der Waals surface area contributed by atoms with E-state index in [9.17, 15) is 4.79 Å². The highest BCUT2D eigenvalue weighted by Crippen LogP contribution is 2.13. The summed E-state index contributed by atoms with van der Waals surface area (Å²) in [4.78, 5) is 19.7. The van der Waals surface area contributed by atoms with Crippen LogP contribution < -0.4 is 0 Å². The zero-order chi connectivity index (χ0) is 11.5. The summed E-state index contributed by atoms with van der Waals surface area (Å²) in [5.41, 5.74) is 1.76. The fourth-order valence-electron chi connectivity index (χ4n) is 1.58. The van der Waals surface area contributed by atoms with Crippen LogP contribution in [0, 0.1) is 0 Å². The number of hydrogen-bond acceptors (Lipinski definition) is 4. The zero-order valence-electron chi connectivity index (χ0n) is 9.30. The van der Waals surface area contributed by atoms with E-state index in [0.717, 1.165) is 11.0 Å². The van der Waals surface area contributed by atoms with Crippen molar-refractivity contribution in [1.82, 2.24) is 14.5 Å². The van der Waals surface area contributed by atoms with E-state index in [-0.39, 0.29) is 12.4 Å². The molecule has 0 unspecified atom stereocenters. The summed E-state index contributed by atoms with van der Waals surface area (Å²) in [5.74, 6) is 0.440. The maximum Gasteiger partial charge on any atom is 0.313 e. The summed E-state index contributed by atoms with van der Waals surface area (Å²) in [7, 11) is 1.87. The van der Waals surface area contributed by atoms with Crippen LogP contribution in [0.15, 0.2) is 18.5 Å². The molecule has 5 nitrogen and oxygen atoms in total. The van der Waals surface area contributed by atoms with Crippen LogP contribution in [-0.4, -0.2) is 27.1 Å². The first-order valence-electron chi connectivity index (χ1n) is 5.13. The Morgan fingerprint density at radius 2 is 2.38 bits per heavy atom. The molecular weight excluding hydrogens is 206 g/mol. The Kier molecular flexibility index (Phi) is 2.85. The first-order chi connectivity index (χ1) is 7.72. The monoisotopic (exact) mass is 219 g/mol. The van der Waals surface area contributed by atoms with Gasteiger partial charge < -0.3 is 9.30 Å². The summed E-state index contributed by atoms with van der Waals surface area (Å²) in [6, 6.07) is 1.82. The molecule has 0 spiro atoms. The average Bonchev–Trinajstić information content (AvgIpc) is 2.57. The first kappa shape index (κ1) is 10.6. The molecule has 2 rings (SSSR count). The lowest BCUT2D eigenvalue weighted by atomic mass is 10.4. The molecular formula is C11H13N3O2. The predicted molar refractivity (Wildman–Crippen MR) is 58.8 cm³/mol. The molecule has 0 aliphatic carbocycles. The van der Waals surface area contributed by atoms with Gasteiger partial charge in [-0.2, -0.15) is 0 Å². The largest absolute Gasteiger partial charge is 0.466 e. The Morgan fingerprint density at radius 1 is 1.56 bits per heavy atom. The van der Waals surface area contributed by atoms with Crippen LogP contribution in [0.25, 0.3) is 11.0 Å². The second-order valence-corrected chi connectivity index (χ2v) is 3.43. The third kappa shape index (κ3) is 1.88. The highest BCUT2D eigenvalue weighted by atomic mass is 16.5. The lowest BCUT2D eigenvalue weighted by molar-refractivity contribution is -0.142. The number of carbonyl (C=O) groups is 1. The standard InChI is InChI=1S/C11H13N3O2/c1-3-16-11(15)6-10-13-8-4-5-12-7-9(8)14(10)2/h4-5,7H,3,6H2,1-2H3. The number of ether oxygens (including phenoxy) is 1. The van der Waals surface area contributed by atoms with Crippen LogP contribution >= 0.6 is 0 Å². The van der Waals surface area contributed by atoms with Crippen molar-refractivity contribution in [3.63, 3.8) is 0 Å².